The Kier molecular flexibility index (Phi) is 6.32. The summed E-state index contributed by atoms with van der Waals surface area (Å²) < 4.78 is 0. The van der Waals surface area contributed by atoms with Crippen molar-refractivity contribution < 1.29 is 19.5 Å². The van der Waals surface area contributed by atoms with Gasteiger partial charge in [0.2, 0.25) is 5.91 Å². The molecule has 0 bridgehead atoms. The van der Waals surface area contributed by atoms with Gasteiger partial charge in [-0.05, 0) is 49.8 Å². The quantitative estimate of drug-likeness (QED) is 0.826. The van der Waals surface area contributed by atoms with E-state index >= 15 is 0 Å². The van der Waals surface area contributed by atoms with Gasteiger partial charge < -0.3 is 20.2 Å². The second-order valence-corrected chi connectivity index (χ2v) is 7.31. The van der Waals surface area contributed by atoms with E-state index in [4.69, 9.17) is 5.11 Å². The molecule has 7 heteroatoms. The predicted molar refractivity (Wildman–Crippen MR) is 101 cm³/mol. The first-order valence-corrected chi connectivity index (χ1v) is 9.68. The molecule has 0 spiro atoms. The average Bonchev–Trinajstić information content (AvgIpc) is 3.22. The van der Waals surface area contributed by atoms with Crippen molar-refractivity contribution in [3.8, 4) is 0 Å². The lowest BCUT2D eigenvalue weighted by Gasteiger charge is -2.34. The third kappa shape index (κ3) is 4.99. The van der Waals surface area contributed by atoms with Gasteiger partial charge in [0.15, 0.2) is 0 Å². The first kappa shape index (κ1) is 19.2. The van der Waals surface area contributed by atoms with E-state index in [1.807, 2.05) is 9.80 Å². The van der Waals surface area contributed by atoms with E-state index in [-0.39, 0.29) is 23.4 Å². The van der Waals surface area contributed by atoms with Gasteiger partial charge in [0.25, 0.3) is 0 Å². The zero-order valence-electron chi connectivity index (χ0n) is 15.5. The Morgan fingerprint density at radius 1 is 1.00 bits per heavy atom. The van der Waals surface area contributed by atoms with Crippen molar-refractivity contribution in [2.75, 3.05) is 32.7 Å². The van der Waals surface area contributed by atoms with Gasteiger partial charge in [0.05, 0.1) is 11.5 Å². The number of benzene rings is 1. The Hall–Kier alpha value is -2.57. The number of rotatable bonds is 5. The van der Waals surface area contributed by atoms with Crippen LogP contribution < -0.4 is 5.32 Å². The number of nitrogens with zero attached hydrogens (tertiary/aromatic N) is 2. The Morgan fingerprint density at radius 2 is 1.67 bits per heavy atom. The van der Waals surface area contributed by atoms with Crippen LogP contribution in [0.25, 0.3) is 0 Å². The van der Waals surface area contributed by atoms with Crippen LogP contribution in [0.2, 0.25) is 0 Å². The normalized spacial score (nSPS) is 19.8. The maximum absolute atomic E-state index is 12.5. The van der Waals surface area contributed by atoms with E-state index in [9.17, 15) is 14.4 Å². The number of carboxylic acids is 1. The highest BCUT2D eigenvalue weighted by Crippen LogP contribution is 2.20. The van der Waals surface area contributed by atoms with Crippen LogP contribution in [-0.2, 0) is 11.2 Å². The standard InChI is InChI=1S/C20H27N3O4/c24-18(21-10-9-15-5-7-16(8-6-15)19(25)26)17-4-3-13-23(14-17)20(27)22-11-1-2-12-22/h5-8,17H,1-4,9-14H2,(H,21,24)(H,25,26). The van der Waals surface area contributed by atoms with Gasteiger partial charge in [-0.15, -0.1) is 0 Å². The number of amides is 3. The highest BCUT2D eigenvalue weighted by molar-refractivity contribution is 5.87. The molecule has 1 aromatic rings. The molecule has 2 aliphatic heterocycles. The minimum atomic E-state index is -0.944. The van der Waals surface area contributed by atoms with Crippen LogP contribution in [0.5, 0.6) is 0 Å². The molecule has 2 N–H and O–H groups in total. The number of carboxylic acid groups (broad SMARTS) is 1. The summed E-state index contributed by atoms with van der Waals surface area (Å²) in [6.07, 6.45) is 4.44. The van der Waals surface area contributed by atoms with Gasteiger partial charge in [0.1, 0.15) is 0 Å². The highest BCUT2D eigenvalue weighted by atomic mass is 16.4. The van der Waals surface area contributed by atoms with Crippen molar-refractivity contribution in [3.63, 3.8) is 0 Å². The molecule has 0 radical (unpaired) electrons. The fourth-order valence-electron chi connectivity index (χ4n) is 3.76. The van der Waals surface area contributed by atoms with Crippen LogP contribution >= 0.6 is 0 Å². The second kappa shape index (κ2) is 8.88. The Labute approximate surface area is 159 Å². The van der Waals surface area contributed by atoms with Crippen molar-refractivity contribution in [2.45, 2.75) is 32.1 Å². The van der Waals surface area contributed by atoms with Crippen LogP contribution in [0, 0.1) is 5.92 Å². The van der Waals surface area contributed by atoms with E-state index in [1.165, 1.54) is 0 Å². The van der Waals surface area contributed by atoms with Gasteiger partial charge >= 0.3 is 12.0 Å². The first-order valence-electron chi connectivity index (χ1n) is 9.68. The molecular formula is C20H27N3O4. The van der Waals surface area contributed by atoms with Gasteiger partial charge in [-0.2, -0.15) is 0 Å². The lowest BCUT2D eigenvalue weighted by molar-refractivity contribution is -0.126. The largest absolute Gasteiger partial charge is 0.478 e. The number of aromatic carboxylic acids is 1. The highest BCUT2D eigenvalue weighted by Gasteiger charge is 2.31. The molecule has 2 heterocycles. The Bertz CT molecular complexity index is 683. The third-order valence-electron chi connectivity index (χ3n) is 5.35. The number of piperidine rings is 1. The summed E-state index contributed by atoms with van der Waals surface area (Å²) in [5.41, 5.74) is 1.24. The van der Waals surface area contributed by atoms with Crippen molar-refractivity contribution >= 4 is 17.9 Å². The summed E-state index contributed by atoms with van der Waals surface area (Å²) in [6.45, 7) is 3.38. The lowest BCUT2D eigenvalue weighted by Crippen LogP contribution is -2.49. The van der Waals surface area contributed by atoms with E-state index in [1.54, 1.807) is 24.3 Å². The second-order valence-electron chi connectivity index (χ2n) is 7.31. The SMILES string of the molecule is O=C(O)c1ccc(CCNC(=O)C2CCCN(C(=O)N3CCCC3)C2)cc1. The number of likely N-dealkylation sites (tertiary alicyclic amines) is 2. The molecule has 2 fully saturated rings. The molecule has 0 aliphatic carbocycles. The van der Waals surface area contributed by atoms with Crippen molar-refractivity contribution in [1.82, 2.24) is 15.1 Å². The number of carbonyl (C=O) groups excluding carboxylic acids is 2. The molecule has 3 rings (SSSR count). The van der Waals surface area contributed by atoms with Gasteiger partial charge in [-0.25, -0.2) is 9.59 Å². The van der Waals surface area contributed by atoms with Crippen molar-refractivity contribution in [2.24, 2.45) is 5.92 Å². The number of carbonyl (C=O) groups is 3. The maximum Gasteiger partial charge on any atom is 0.335 e. The van der Waals surface area contributed by atoms with Gasteiger partial charge in [0, 0.05) is 32.7 Å². The maximum atomic E-state index is 12.5. The van der Waals surface area contributed by atoms with Gasteiger partial charge in [-0.1, -0.05) is 12.1 Å². The summed E-state index contributed by atoms with van der Waals surface area (Å²) in [6, 6.07) is 6.76. The van der Waals surface area contributed by atoms with E-state index < -0.39 is 5.97 Å². The predicted octanol–water partition coefficient (Wildman–Crippen LogP) is 1.97. The molecule has 0 aromatic heterocycles. The van der Waals surface area contributed by atoms with Gasteiger partial charge in [-0.3, -0.25) is 4.79 Å². The van der Waals surface area contributed by atoms with Crippen LogP contribution in [0.15, 0.2) is 24.3 Å². The van der Waals surface area contributed by atoms with Crippen LogP contribution in [0.3, 0.4) is 0 Å². The zero-order valence-corrected chi connectivity index (χ0v) is 15.5. The minimum Gasteiger partial charge on any atom is -0.478 e. The Morgan fingerprint density at radius 3 is 2.33 bits per heavy atom. The molecule has 3 amide bonds. The lowest BCUT2D eigenvalue weighted by atomic mass is 9.97. The summed E-state index contributed by atoms with van der Waals surface area (Å²) in [5.74, 6) is -1.10. The van der Waals surface area contributed by atoms with Crippen molar-refractivity contribution in [1.29, 1.82) is 0 Å². The smallest absolute Gasteiger partial charge is 0.335 e. The molecule has 2 saturated heterocycles. The number of nitrogens with one attached hydrogen (secondary N) is 1. The van der Waals surface area contributed by atoms with Crippen LogP contribution in [0.1, 0.15) is 41.6 Å². The number of hydrogen-bond acceptors (Lipinski definition) is 3. The summed E-state index contributed by atoms with van der Waals surface area (Å²) >= 11 is 0. The number of urea groups is 1. The molecule has 1 aromatic carbocycles. The fraction of sp³-hybridized carbons (Fsp3) is 0.550. The molecular weight excluding hydrogens is 346 g/mol. The van der Waals surface area contributed by atoms with Crippen molar-refractivity contribution in [3.05, 3.63) is 35.4 Å². The summed E-state index contributed by atoms with van der Waals surface area (Å²) in [7, 11) is 0. The van der Waals surface area contributed by atoms with E-state index in [2.05, 4.69) is 5.32 Å². The van der Waals surface area contributed by atoms with E-state index in [0.29, 0.717) is 19.5 Å². The third-order valence-corrected chi connectivity index (χ3v) is 5.35. The molecule has 7 nitrogen and oxygen atoms in total. The number of hydrogen-bond donors (Lipinski definition) is 2. The molecule has 146 valence electrons. The average molecular weight is 373 g/mol. The fourth-order valence-corrected chi connectivity index (χ4v) is 3.76. The summed E-state index contributed by atoms with van der Waals surface area (Å²) in [4.78, 5) is 39.6. The van der Waals surface area contributed by atoms with E-state index in [0.717, 1.165) is 50.9 Å². The molecule has 1 atom stereocenters. The first-order chi connectivity index (χ1) is 13.0. The molecule has 27 heavy (non-hydrogen) atoms. The molecule has 2 aliphatic rings. The zero-order chi connectivity index (χ0) is 19.2. The Balaban J connectivity index is 1.44. The molecule has 0 saturated carbocycles. The van der Waals surface area contributed by atoms with Crippen LogP contribution in [-0.4, -0.2) is 65.5 Å². The minimum absolute atomic E-state index is 0.00363. The topological polar surface area (TPSA) is 90.0 Å². The van der Waals surface area contributed by atoms with Crippen LogP contribution in [0.4, 0.5) is 4.79 Å². The molecule has 1 unspecified atom stereocenters. The monoisotopic (exact) mass is 373 g/mol. The summed E-state index contributed by atoms with van der Waals surface area (Å²) in [5, 5.41) is 11.9.